The van der Waals surface area contributed by atoms with Gasteiger partial charge >= 0.3 is 5.97 Å². The third-order valence-corrected chi connectivity index (χ3v) is 1.09. The van der Waals surface area contributed by atoms with E-state index in [1.807, 2.05) is 0 Å². The van der Waals surface area contributed by atoms with Crippen molar-refractivity contribution in [1.29, 1.82) is 0 Å². The van der Waals surface area contributed by atoms with Gasteiger partial charge in [-0.25, -0.2) is 9.18 Å². The minimum absolute atomic E-state index is 0. The van der Waals surface area contributed by atoms with Gasteiger partial charge < -0.3 is 10.6 Å². The smallest absolute Gasteiger partial charge is 0.335 e. The molecule has 0 atom stereocenters. The molecule has 0 unspecified atom stereocenters. The molecule has 3 nitrogen and oxygen atoms in total. The third-order valence-electron chi connectivity index (χ3n) is 1.09. The highest BCUT2D eigenvalue weighted by Crippen LogP contribution is 2.01. The largest absolute Gasteiger partial charge is 0.478 e. The normalized spacial score (nSPS) is 8.45. The standard InChI is InChI=1S/C7H5FO2.H2O/c8-6-3-1-5(2-4-6)7(9)10;/h1-4H,(H,9,10);1H2. The van der Waals surface area contributed by atoms with Gasteiger partial charge in [0.15, 0.2) is 0 Å². The molecule has 0 aliphatic carbocycles. The minimum Gasteiger partial charge on any atom is -0.478 e. The van der Waals surface area contributed by atoms with E-state index < -0.39 is 11.8 Å². The zero-order valence-electron chi connectivity index (χ0n) is 5.54. The zero-order chi connectivity index (χ0) is 7.56. The van der Waals surface area contributed by atoms with Gasteiger partial charge in [-0.3, -0.25) is 0 Å². The quantitative estimate of drug-likeness (QED) is 0.653. The van der Waals surface area contributed by atoms with Crippen molar-refractivity contribution in [2.24, 2.45) is 0 Å². The third kappa shape index (κ3) is 2.35. The molecule has 0 aliphatic rings. The molecule has 1 rings (SSSR count). The molecule has 11 heavy (non-hydrogen) atoms. The Morgan fingerprint density at radius 1 is 1.27 bits per heavy atom. The van der Waals surface area contributed by atoms with Crippen LogP contribution in [0.3, 0.4) is 0 Å². The summed E-state index contributed by atoms with van der Waals surface area (Å²) in [6.07, 6.45) is 0. The van der Waals surface area contributed by atoms with Crippen LogP contribution in [-0.2, 0) is 0 Å². The van der Waals surface area contributed by atoms with Gasteiger partial charge in [0, 0.05) is 0 Å². The zero-order valence-corrected chi connectivity index (χ0v) is 5.54. The van der Waals surface area contributed by atoms with Crippen LogP contribution in [0, 0.1) is 5.82 Å². The Kier molecular flexibility index (Phi) is 3.20. The average Bonchev–Trinajstić information content (AvgIpc) is 1.88. The van der Waals surface area contributed by atoms with Crippen LogP contribution in [0.5, 0.6) is 0 Å². The molecule has 0 heterocycles. The number of halogens is 1. The molecule has 0 spiro atoms. The minimum atomic E-state index is -1.04. The van der Waals surface area contributed by atoms with Crippen LogP contribution in [0.25, 0.3) is 0 Å². The van der Waals surface area contributed by atoms with E-state index in [-0.39, 0.29) is 11.0 Å². The lowest BCUT2D eigenvalue weighted by molar-refractivity contribution is 0.0697. The van der Waals surface area contributed by atoms with Crippen LogP contribution in [0.1, 0.15) is 10.4 Å². The number of carbonyl (C=O) groups is 1. The van der Waals surface area contributed by atoms with E-state index in [0.717, 1.165) is 12.1 Å². The monoisotopic (exact) mass is 158 g/mol. The Labute approximate surface area is 62.4 Å². The highest BCUT2D eigenvalue weighted by molar-refractivity contribution is 5.87. The fourth-order valence-corrected chi connectivity index (χ4v) is 0.592. The fraction of sp³-hybridized carbons (Fsp3) is 0. The Morgan fingerprint density at radius 3 is 2.09 bits per heavy atom. The molecule has 3 N–H and O–H groups in total. The summed E-state index contributed by atoms with van der Waals surface area (Å²) in [5.74, 6) is -1.47. The number of carboxylic acid groups (broad SMARTS) is 1. The van der Waals surface area contributed by atoms with Gasteiger partial charge in [0.1, 0.15) is 5.82 Å². The van der Waals surface area contributed by atoms with Gasteiger partial charge in [0.2, 0.25) is 0 Å². The summed E-state index contributed by atoms with van der Waals surface area (Å²) in [5.41, 5.74) is 0.0985. The predicted octanol–water partition coefficient (Wildman–Crippen LogP) is 0.699. The second kappa shape index (κ2) is 3.68. The molecule has 0 saturated heterocycles. The SMILES string of the molecule is O.O=C(O)c1ccc(F)cc1. The molecular formula is C7H7FO3. The van der Waals surface area contributed by atoms with E-state index in [4.69, 9.17) is 5.11 Å². The first kappa shape index (κ1) is 9.58. The molecule has 0 radical (unpaired) electrons. The number of rotatable bonds is 1. The van der Waals surface area contributed by atoms with Crippen molar-refractivity contribution in [3.8, 4) is 0 Å². The van der Waals surface area contributed by atoms with Crippen LogP contribution >= 0.6 is 0 Å². The highest BCUT2D eigenvalue weighted by atomic mass is 19.1. The van der Waals surface area contributed by atoms with Gasteiger partial charge in [-0.15, -0.1) is 0 Å². The lowest BCUT2D eigenvalue weighted by Gasteiger charge is -1.90. The molecule has 0 aromatic heterocycles. The first-order chi connectivity index (χ1) is 4.70. The van der Waals surface area contributed by atoms with Crippen molar-refractivity contribution in [3.05, 3.63) is 35.6 Å². The molecule has 0 amide bonds. The molecule has 4 heteroatoms. The van der Waals surface area contributed by atoms with Crippen LogP contribution in [0.15, 0.2) is 24.3 Å². The Bertz CT molecular complexity index is 242. The van der Waals surface area contributed by atoms with Crippen molar-refractivity contribution in [2.75, 3.05) is 0 Å². The predicted molar refractivity (Wildman–Crippen MR) is 37.0 cm³/mol. The maximum atomic E-state index is 12.2. The van der Waals surface area contributed by atoms with Crippen molar-refractivity contribution in [1.82, 2.24) is 0 Å². The Morgan fingerprint density at radius 2 is 1.73 bits per heavy atom. The number of aromatic carboxylic acids is 1. The summed E-state index contributed by atoms with van der Waals surface area (Å²) in [4.78, 5) is 10.2. The summed E-state index contributed by atoms with van der Waals surface area (Å²) in [5, 5.41) is 8.35. The number of carboxylic acids is 1. The van der Waals surface area contributed by atoms with Crippen molar-refractivity contribution >= 4 is 5.97 Å². The Balaban J connectivity index is 0.000001000. The van der Waals surface area contributed by atoms with E-state index in [0.29, 0.717) is 0 Å². The summed E-state index contributed by atoms with van der Waals surface area (Å²) in [6.45, 7) is 0. The topological polar surface area (TPSA) is 68.8 Å². The maximum Gasteiger partial charge on any atom is 0.335 e. The summed E-state index contributed by atoms with van der Waals surface area (Å²) < 4.78 is 12.2. The van der Waals surface area contributed by atoms with Gasteiger partial charge in [0.25, 0.3) is 0 Å². The van der Waals surface area contributed by atoms with E-state index in [9.17, 15) is 9.18 Å². The van der Waals surface area contributed by atoms with E-state index in [1.165, 1.54) is 12.1 Å². The number of hydrogen-bond acceptors (Lipinski definition) is 1. The summed E-state index contributed by atoms with van der Waals surface area (Å²) in [6, 6.07) is 4.67. The van der Waals surface area contributed by atoms with Crippen molar-refractivity contribution < 1.29 is 19.8 Å². The van der Waals surface area contributed by atoms with Gasteiger partial charge in [0.05, 0.1) is 5.56 Å². The summed E-state index contributed by atoms with van der Waals surface area (Å²) >= 11 is 0. The second-order valence-corrected chi connectivity index (χ2v) is 1.81. The van der Waals surface area contributed by atoms with Gasteiger partial charge in [-0.1, -0.05) is 0 Å². The molecule has 0 saturated carbocycles. The maximum absolute atomic E-state index is 12.2. The first-order valence-corrected chi connectivity index (χ1v) is 2.69. The second-order valence-electron chi connectivity index (χ2n) is 1.81. The molecule has 0 fully saturated rings. The van der Waals surface area contributed by atoms with Gasteiger partial charge in [-0.05, 0) is 24.3 Å². The highest BCUT2D eigenvalue weighted by Gasteiger charge is 1.99. The van der Waals surface area contributed by atoms with Crippen molar-refractivity contribution in [2.45, 2.75) is 0 Å². The molecule has 0 aliphatic heterocycles. The lowest BCUT2D eigenvalue weighted by Crippen LogP contribution is -1.94. The molecule has 1 aromatic carbocycles. The van der Waals surface area contributed by atoms with Crippen molar-refractivity contribution in [3.63, 3.8) is 0 Å². The average molecular weight is 158 g/mol. The van der Waals surface area contributed by atoms with E-state index in [1.54, 1.807) is 0 Å². The van der Waals surface area contributed by atoms with Crippen LogP contribution in [-0.4, -0.2) is 16.6 Å². The molecule has 0 bridgehead atoms. The molecular weight excluding hydrogens is 151 g/mol. The molecule has 1 aromatic rings. The lowest BCUT2D eigenvalue weighted by atomic mass is 10.2. The van der Waals surface area contributed by atoms with Crippen LogP contribution in [0.4, 0.5) is 4.39 Å². The Hall–Kier alpha value is -1.42. The van der Waals surface area contributed by atoms with Gasteiger partial charge in [-0.2, -0.15) is 0 Å². The first-order valence-electron chi connectivity index (χ1n) is 2.69. The number of benzene rings is 1. The van der Waals surface area contributed by atoms with E-state index >= 15 is 0 Å². The van der Waals surface area contributed by atoms with Crippen LogP contribution < -0.4 is 0 Å². The number of hydrogen-bond donors (Lipinski definition) is 1. The van der Waals surface area contributed by atoms with Crippen LogP contribution in [0.2, 0.25) is 0 Å². The summed E-state index contributed by atoms with van der Waals surface area (Å²) in [7, 11) is 0. The molecule has 60 valence electrons. The fourth-order valence-electron chi connectivity index (χ4n) is 0.592. The van der Waals surface area contributed by atoms with E-state index in [2.05, 4.69) is 0 Å².